The third-order valence-corrected chi connectivity index (χ3v) is 6.57. The predicted molar refractivity (Wildman–Crippen MR) is 148 cm³/mol. The number of aromatic nitrogens is 4. The van der Waals surface area contributed by atoms with Crippen LogP contribution in [0, 0.1) is 0 Å². The number of nitrogens with zero attached hydrogens (tertiary/aromatic N) is 5. The van der Waals surface area contributed by atoms with Gasteiger partial charge in [-0.05, 0) is 68.8 Å². The Morgan fingerprint density at radius 2 is 2.03 bits per heavy atom. The minimum Gasteiger partial charge on any atom is -0.480 e. The van der Waals surface area contributed by atoms with E-state index in [9.17, 15) is 9.90 Å². The molecule has 39 heavy (non-hydrogen) atoms. The topological polar surface area (TPSA) is 135 Å². The molecule has 0 amide bonds. The number of nitrogens with one attached hydrogen (secondary N) is 2. The van der Waals surface area contributed by atoms with Gasteiger partial charge in [0.1, 0.15) is 24.3 Å². The van der Waals surface area contributed by atoms with Crippen LogP contribution < -0.4 is 20.1 Å². The van der Waals surface area contributed by atoms with E-state index in [1.54, 1.807) is 12.3 Å². The maximum Gasteiger partial charge on any atom is 0.326 e. The minimum atomic E-state index is -0.940. The van der Waals surface area contributed by atoms with E-state index in [0.717, 1.165) is 56.7 Å². The van der Waals surface area contributed by atoms with Gasteiger partial charge in [-0.1, -0.05) is 12.1 Å². The smallest absolute Gasteiger partial charge is 0.326 e. The maximum absolute atomic E-state index is 12.0. The Morgan fingerprint density at radius 1 is 1.10 bits per heavy atom. The van der Waals surface area contributed by atoms with E-state index in [1.165, 1.54) is 18.9 Å². The van der Waals surface area contributed by atoms with Crippen LogP contribution in [0.1, 0.15) is 36.9 Å². The number of fused-ring (bicyclic) bond motifs is 1. The lowest BCUT2D eigenvalue weighted by molar-refractivity contribution is -0.138. The monoisotopic (exact) mass is 535 g/mol. The number of carboxylic acid groups (broad SMARTS) is 1. The molecule has 0 saturated heterocycles. The minimum absolute atomic E-state index is 0.182. The van der Waals surface area contributed by atoms with Crippen LogP contribution in [-0.4, -0.2) is 81.8 Å². The van der Waals surface area contributed by atoms with E-state index in [-0.39, 0.29) is 6.01 Å². The highest BCUT2D eigenvalue weighted by Gasteiger charge is 2.20. The average molecular weight is 536 g/mol. The Bertz CT molecular complexity index is 1180. The zero-order valence-electron chi connectivity index (χ0n) is 22.4. The van der Waals surface area contributed by atoms with Crippen LogP contribution in [0.15, 0.2) is 48.8 Å². The van der Waals surface area contributed by atoms with E-state index in [4.69, 9.17) is 14.5 Å². The molecule has 1 unspecified atom stereocenters. The Morgan fingerprint density at radius 3 is 2.85 bits per heavy atom. The fourth-order valence-electron chi connectivity index (χ4n) is 4.46. The van der Waals surface area contributed by atoms with Gasteiger partial charge in [0.2, 0.25) is 5.88 Å². The van der Waals surface area contributed by atoms with E-state index in [1.807, 2.05) is 18.2 Å². The second kappa shape index (κ2) is 14.8. The molecule has 1 aliphatic rings. The van der Waals surface area contributed by atoms with Crippen molar-refractivity contribution in [1.82, 2.24) is 24.8 Å². The first-order valence-corrected chi connectivity index (χ1v) is 13.5. The summed E-state index contributed by atoms with van der Waals surface area (Å²) in [6.07, 6.45) is 8.71. The molecule has 0 bridgehead atoms. The van der Waals surface area contributed by atoms with Crippen LogP contribution in [-0.2, 0) is 17.6 Å². The Labute approximate surface area is 229 Å². The van der Waals surface area contributed by atoms with Crippen LogP contribution in [0.4, 0.5) is 11.6 Å². The van der Waals surface area contributed by atoms with Gasteiger partial charge in [0, 0.05) is 43.8 Å². The zero-order valence-corrected chi connectivity index (χ0v) is 22.4. The number of unbranched alkanes of at least 4 members (excludes halogenated alkanes) is 1. The molecular weight excluding hydrogens is 498 g/mol. The fraction of sp³-hybridized carbons (Fsp3) is 0.464. The summed E-state index contributed by atoms with van der Waals surface area (Å²) in [5.74, 6) is 1.07. The van der Waals surface area contributed by atoms with Crippen molar-refractivity contribution in [2.75, 3.05) is 50.5 Å². The van der Waals surface area contributed by atoms with Gasteiger partial charge in [0.15, 0.2) is 0 Å². The third-order valence-electron chi connectivity index (χ3n) is 6.57. The predicted octanol–water partition coefficient (Wildman–Crippen LogP) is 3.29. The number of carbonyl (C=O) groups is 1. The molecule has 0 saturated carbocycles. The Balaban J connectivity index is 1.30. The number of aliphatic carboxylic acids is 1. The molecule has 0 aliphatic carbocycles. The molecule has 11 nitrogen and oxygen atoms in total. The highest BCUT2D eigenvalue weighted by atomic mass is 16.5. The quantitative estimate of drug-likeness (QED) is 0.233. The molecule has 1 atom stereocenters. The van der Waals surface area contributed by atoms with Crippen molar-refractivity contribution in [1.29, 1.82) is 0 Å². The average Bonchev–Trinajstić information content (AvgIpc) is 2.97. The first-order valence-electron chi connectivity index (χ1n) is 13.5. The number of methoxy groups -OCH3 is 1. The molecule has 0 aromatic carbocycles. The second-order valence-electron chi connectivity index (χ2n) is 9.41. The molecule has 0 fully saturated rings. The van der Waals surface area contributed by atoms with Crippen LogP contribution in [0.25, 0.3) is 0 Å². The highest BCUT2D eigenvalue weighted by Crippen LogP contribution is 2.20. The number of carboxylic acids is 1. The molecular formula is C28H37N7O4. The normalized spacial score (nSPS) is 13.3. The number of rotatable bonds is 16. The summed E-state index contributed by atoms with van der Waals surface area (Å²) in [6.45, 7) is 3.51. The van der Waals surface area contributed by atoms with Crippen LogP contribution in [0.2, 0.25) is 0 Å². The van der Waals surface area contributed by atoms with Gasteiger partial charge in [0.05, 0.1) is 7.11 Å². The summed E-state index contributed by atoms with van der Waals surface area (Å²) < 4.78 is 10.9. The molecule has 11 heteroatoms. The maximum atomic E-state index is 12.0. The van der Waals surface area contributed by atoms with Crippen molar-refractivity contribution in [3.8, 4) is 11.9 Å². The van der Waals surface area contributed by atoms with Gasteiger partial charge in [-0.25, -0.2) is 19.7 Å². The van der Waals surface area contributed by atoms with Gasteiger partial charge >= 0.3 is 12.0 Å². The number of ether oxygens (including phenoxy) is 2. The number of hydrogen-bond donors (Lipinski definition) is 3. The van der Waals surface area contributed by atoms with Gasteiger partial charge in [-0.2, -0.15) is 4.98 Å². The lowest BCUT2D eigenvalue weighted by Gasteiger charge is -2.24. The fourth-order valence-corrected chi connectivity index (χ4v) is 4.46. The van der Waals surface area contributed by atoms with E-state index < -0.39 is 12.0 Å². The summed E-state index contributed by atoms with van der Waals surface area (Å²) in [5.41, 5.74) is 2.40. The molecule has 3 aromatic heterocycles. The molecule has 3 N–H and O–H groups in total. The second-order valence-corrected chi connectivity index (χ2v) is 9.41. The molecule has 3 aromatic rings. The van der Waals surface area contributed by atoms with E-state index >= 15 is 0 Å². The molecule has 4 heterocycles. The van der Waals surface area contributed by atoms with Gasteiger partial charge < -0.3 is 25.2 Å². The molecule has 208 valence electrons. The largest absolute Gasteiger partial charge is 0.480 e. The first kappa shape index (κ1) is 28.0. The zero-order chi connectivity index (χ0) is 27.3. The van der Waals surface area contributed by atoms with Crippen LogP contribution >= 0.6 is 0 Å². The van der Waals surface area contributed by atoms with Crippen molar-refractivity contribution < 1.29 is 19.4 Å². The number of hydrogen-bond acceptors (Lipinski definition) is 10. The van der Waals surface area contributed by atoms with Crippen molar-refractivity contribution in [3.05, 3.63) is 60.0 Å². The molecule has 0 radical (unpaired) electrons. The number of pyridine rings is 2. The van der Waals surface area contributed by atoms with Gasteiger partial charge in [-0.15, -0.1) is 0 Å². The van der Waals surface area contributed by atoms with Crippen molar-refractivity contribution in [2.45, 2.75) is 44.6 Å². The third kappa shape index (κ3) is 9.06. The van der Waals surface area contributed by atoms with Gasteiger partial charge in [0.25, 0.3) is 0 Å². The molecule has 0 spiro atoms. The Hall–Kier alpha value is -3.99. The van der Waals surface area contributed by atoms with Crippen LogP contribution in [0.3, 0.4) is 0 Å². The van der Waals surface area contributed by atoms with Crippen molar-refractivity contribution >= 4 is 17.6 Å². The molecule has 1 aliphatic heterocycles. The summed E-state index contributed by atoms with van der Waals surface area (Å²) in [7, 11) is 1.47. The Kier molecular flexibility index (Phi) is 10.6. The summed E-state index contributed by atoms with van der Waals surface area (Å²) >= 11 is 0. The molecule has 4 rings (SSSR count). The number of aryl methyl sites for hydroxylation is 2. The van der Waals surface area contributed by atoms with Crippen molar-refractivity contribution in [3.63, 3.8) is 0 Å². The lowest BCUT2D eigenvalue weighted by atomic mass is 10.1. The first-order chi connectivity index (χ1) is 19.1. The van der Waals surface area contributed by atoms with Gasteiger partial charge in [-0.3, -0.25) is 4.90 Å². The SMILES string of the molecule is COc1nccc(NC(CCN(CCCCc2ccc3c(n2)NCCC3)CCOc2ccccn2)C(=O)O)n1. The lowest BCUT2D eigenvalue weighted by Crippen LogP contribution is -2.37. The summed E-state index contributed by atoms with van der Waals surface area (Å²) in [5, 5.41) is 16.2. The standard InChI is InChI=1S/C28H37N7O4/c1-38-28-31-16-12-24(34-28)33-23(27(36)37)13-18-35(19-20-39-25-9-2-4-14-29-25)17-5-3-8-22-11-10-21-7-6-15-30-26(21)32-22/h2,4,9-12,14,16,23H,3,5-8,13,15,17-20H2,1H3,(H,30,32)(H,36,37)(H,31,33,34). The summed E-state index contributed by atoms with van der Waals surface area (Å²) in [4.78, 5) is 31.4. The van der Waals surface area contributed by atoms with Crippen molar-refractivity contribution in [2.24, 2.45) is 0 Å². The van der Waals surface area contributed by atoms with E-state index in [0.29, 0.717) is 37.8 Å². The summed E-state index contributed by atoms with van der Waals surface area (Å²) in [6, 6.07) is 10.9. The number of anilines is 2. The van der Waals surface area contributed by atoms with E-state index in [2.05, 4.69) is 42.6 Å². The highest BCUT2D eigenvalue weighted by molar-refractivity contribution is 5.76. The van der Waals surface area contributed by atoms with Crippen LogP contribution in [0.5, 0.6) is 11.9 Å².